The van der Waals surface area contributed by atoms with Gasteiger partial charge in [0, 0.05) is 50.4 Å². The molecular weight excluding hydrogens is 376 g/mol. The van der Waals surface area contributed by atoms with Crippen molar-refractivity contribution in [1.82, 2.24) is 19.8 Å². The van der Waals surface area contributed by atoms with Crippen molar-refractivity contribution >= 4 is 27.5 Å². The highest BCUT2D eigenvalue weighted by molar-refractivity contribution is 7.18. The molecule has 1 aliphatic heterocycles. The summed E-state index contributed by atoms with van der Waals surface area (Å²) in [5.41, 5.74) is 1.13. The van der Waals surface area contributed by atoms with Gasteiger partial charge < -0.3 is 15.0 Å². The van der Waals surface area contributed by atoms with Crippen LogP contribution in [-0.2, 0) is 24.1 Å². The normalized spacial score (nSPS) is 20.5. The van der Waals surface area contributed by atoms with E-state index in [0.717, 1.165) is 42.6 Å². The molecule has 2 aromatic rings. The third kappa shape index (κ3) is 3.99. The number of aromatic nitrogens is 2. The van der Waals surface area contributed by atoms with E-state index in [-0.39, 0.29) is 18.1 Å². The second-order valence-corrected chi connectivity index (χ2v) is 9.07. The Labute approximate surface area is 168 Å². The minimum absolute atomic E-state index is 0.0582. The fourth-order valence-corrected chi connectivity index (χ4v) is 5.66. The van der Waals surface area contributed by atoms with Crippen LogP contribution in [0.15, 0.2) is 4.79 Å². The van der Waals surface area contributed by atoms with E-state index in [2.05, 4.69) is 21.8 Å². The van der Waals surface area contributed by atoms with Crippen molar-refractivity contribution in [2.24, 2.45) is 5.92 Å². The van der Waals surface area contributed by atoms with E-state index in [1.54, 1.807) is 11.3 Å². The Morgan fingerprint density at radius 1 is 1.32 bits per heavy atom. The Balaban J connectivity index is 1.41. The molecule has 3 heterocycles. The molecule has 0 aromatic carbocycles. The Morgan fingerprint density at radius 2 is 2.11 bits per heavy atom. The van der Waals surface area contributed by atoms with E-state index in [9.17, 15) is 9.59 Å². The zero-order valence-electron chi connectivity index (χ0n) is 16.4. The molecular formula is C20H28N4O3S. The van der Waals surface area contributed by atoms with E-state index < -0.39 is 0 Å². The summed E-state index contributed by atoms with van der Waals surface area (Å²) in [6.07, 6.45) is 3.93. The molecule has 0 bridgehead atoms. The molecule has 1 saturated heterocycles. The van der Waals surface area contributed by atoms with Gasteiger partial charge in [-0.25, -0.2) is 4.98 Å². The predicted octanol–water partition coefficient (Wildman–Crippen LogP) is 1.18. The number of β-amino-alcohol motifs (C(OH)–C–C–N with tert-alkyl or cyclic N) is 1. The number of thiophene rings is 1. The van der Waals surface area contributed by atoms with Crippen LogP contribution in [0.5, 0.6) is 0 Å². The summed E-state index contributed by atoms with van der Waals surface area (Å²) < 4.78 is 0. The first-order valence-corrected chi connectivity index (χ1v) is 11.0. The van der Waals surface area contributed by atoms with Gasteiger partial charge in [-0.1, -0.05) is 6.92 Å². The van der Waals surface area contributed by atoms with Crippen LogP contribution in [0, 0.1) is 5.92 Å². The summed E-state index contributed by atoms with van der Waals surface area (Å²) in [4.78, 5) is 38.9. The standard InChI is InChI=1S/C20H28N4O3S/c1-13-2-3-14-15(12-13)28-20-18(14)19(27)21-16(22-20)4-5-17(26)24-8-6-23(7-9-24)10-11-25/h13,25H,2-12H2,1H3,(H,21,22,27). The molecule has 0 spiro atoms. The molecule has 1 unspecified atom stereocenters. The molecule has 0 saturated carbocycles. The van der Waals surface area contributed by atoms with Crippen molar-refractivity contribution < 1.29 is 9.90 Å². The molecule has 2 aromatic heterocycles. The van der Waals surface area contributed by atoms with Gasteiger partial charge in [-0.15, -0.1) is 11.3 Å². The van der Waals surface area contributed by atoms with Crippen molar-refractivity contribution in [3.05, 3.63) is 26.6 Å². The van der Waals surface area contributed by atoms with Gasteiger partial charge in [0.25, 0.3) is 5.56 Å². The van der Waals surface area contributed by atoms with Crippen molar-refractivity contribution in [2.75, 3.05) is 39.3 Å². The lowest BCUT2D eigenvalue weighted by Gasteiger charge is -2.34. The molecule has 2 aliphatic rings. The summed E-state index contributed by atoms with van der Waals surface area (Å²) in [6.45, 7) is 6.05. The van der Waals surface area contributed by atoms with Crippen molar-refractivity contribution in [1.29, 1.82) is 0 Å². The van der Waals surface area contributed by atoms with Gasteiger partial charge in [-0.3, -0.25) is 14.5 Å². The molecule has 7 nitrogen and oxygen atoms in total. The van der Waals surface area contributed by atoms with Crippen molar-refractivity contribution in [3.8, 4) is 0 Å². The minimum Gasteiger partial charge on any atom is -0.395 e. The summed E-state index contributed by atoms with van der Waals surface area (Å²) >= 11 is 1.65. The summed E-state index contributed by atoms with van der Waals surface area (Å²) in [6, 6.07) is 0. The van der Waals surface area contributed by atoms with Crippen molar-refractivity contribution in [3.63, 3.8) is 0 Å². The second-order valence-electron chi connectivity index (χ2n) is 7.99. The van der Waals surface area contributed by atoms with E-state index in [1.807, 2.05) is 4.90 Å². The van der Waals surface area contributed by atoms with Gasteiger partial charge in [0.2, 0.25) is 5.91 Å². The first kappa shape index (κ1) is 19.5. The lowest BCUT2D eigenvalue weighted by Crippen LogP contribution is -2.49. The molecule has 28 heavy (non-hydrogen) atoms. The van der Waals surface area contributed by atoms with Crippen LogP contribution >= 0.6 is 11.3 Å². The number of aryl methyl sites for hydroxylation is 2. The number of aliphatic hydroxyl groups excluding tert-OH is 1. The molecule has 1 atom stereocenters. The molecule has 8 heteroatoms. The largest absolute Gasteiger partial charge is 0.395 e. The maximum atomic E-state index is 12.6. The molecule has 0 radical (unpaired) electrons. The van der Waals surface area contributed by atoms with E-state index in [4.69, 9.17) is 5.11 Å². The highest BCUT2D eigenvalue weighted by Crippen LogP contribution is 2.35. The smallest absolute Gasteiger partial charge is 0.259 e. The number of aliphatic hydroxyl groups is 1. The molecule has 4 rings (SSSR count). The molecule has 1 aliphatic carbocycles. The zero-order chi connectivity index (χ0) is 19.7. The molecule has 152 valence electrons. The first-order chi connectivity index (χ1) is 13.5. The Bertz CT molecular complexity index is 914. The van der Waals surface area contributed by atoms with Crippen LogP contribution in [0.3, 0.4) is 0 Å². The molecule has 1 amide bonds. The van der Waals surface area contributed by atoms with Crippen molar-refractivity contribution in [2.45, 2.75) is 39.0 Å². The van der Waals surface area contributed by atoms with Gasteiger partial charge in [-0.05, 0) is 30.7 Å². The lowest BCUT2D eigenvalue weighted by atomic mass is 9.89. The average molecular weight is 405 g/mol. The summed E-state index contributed by atoms with van der Waals surface area (Å²) in [7, 11) is 0. The molecule has 2 N–H and O–H groups in total. The highest BCUT2D eigenvalue weighted by Gasteiger charge is 2.24. The SMILES string of the molecule is CC1CCc2c(sc3nc(CCC(=O)N4CCN(CCO)CC4)[nH]c(=O)c23)C1. The predicted molar refractivity (Wildman–Crippen MR) is 110 cm³/mol. The summed E-state index contributed by atoms with van der Waals surface area (Å²) in [5.74, 6) is 1.37. The number of rotatable bonds is 5. The van der Waals surface area contributed by atoms with Gasteiger partial charge in [0.15, 0.2) is 0 Å². The Hall–Kier alpha value is -1.77. The number of amides is 1. The zero-order valence-corrected chi connectivity index (χ0v) is 17.2. The number of carbonyl (C=O) groups is 1. The van der Waals surface area contributed by atoms with Crippen LogP contribution in [-0.4, -0.2) is 70.1 Å². The average Bonchev–Trinajstić information content (AvgIpc) is 3.04. The van der Waals surface area contributed by atoms with Crippen LogP contribution in [0.25, 0.3) is 10.2 Å². The van der Waals surface area contributed by atoms with Crippen LogP contribution in [0.1, 0.15) is 36.0 Å². The van der Waals surface area contributed by atoms with Gasteiger partial charge in [-0.2, -0.15) is 0 Å². The van der Waals surface area contributed by atoms with Crippen LogP contribution in [0.4, 0.5) is 0 Å². The second kappa shape index (κ2) is 8.31. The topological polar surface area (TPSA) is 89.5 Å². The summed E-state index contributed by atoms with van der Waals surface area (Å²) in [5, 5.41) is 9.78. The van der Waals surface area contributed by atoms with E-state index >= 15 is 0 Å². The Kier molecular flexibility index (Phi) is 5.80. The number of carbonyl (C=O) groups excluding carboxylic acids is 1. The number of fused-ring (bicyclic) bond motifs is 3. The maximum absolute atomic E-state index is 12.6. The quantitative estimate of drug-likeness (QED) is 0.781. The van der Waals surface area contributed by atoms with Crippen LogP contribution in [0.2, 0.25) is 0 Å². The van der Waals surface area contributed by atoms with E-state index in [0.29, 0.717) is 44.2 Å². The number of aromatic amines is 1. The minimum atomic E-state index is -0.0582. The number of piperazine rings is 1. The van der Waals surface area contributed by atoms with Gasteiger partial charge in [0.1, 0.15) is 10.7 Å². The monoisotopic (exact) mass is 404 g/mol. The number of hydrogen-bond acceptors (Lipinski definition) is 6. The number of H-pyrrole nitrogens is 1. The lowest BCUT2D eigenvalue weighted by molar-refractivity contribution is -0.133. The third-order valence-electron chi connectivity index (χ3n) is 5.93. The first-order valence-electron chi connectivity index (χ1n) is 10.2. The van der Waals surface area contributed by atoms with E-state index in [1.165, 1.54) is 10.4 Å². The highest BCUT2D eigenvalue weighted by atomic mass is 32.1. The number of nitrogens with one attached hydrogen (secondary N) is 1. The Morgan fingerprint density at radius 3 is 2.86 bits per heavy atom. The number of nitrogens with zero attached hydrogens (tertiary/aromatic N) is 3. The van der Waals surface area contributed by atoms with Gasteiger partial charge >= 0.3 is 0 Å². The third-order valence-corrected chi connectivity index (χ3v) is 7.08. The van der Waals surface area contributed by atoms with Gasteiger partial charge in [0.05, 0.1) is 12.0 Å². The number of hydrogen-bond donors (Lipinski definition) is 2. The maximum Gasteiger partial charge on any atom is 0.259 e. The molecule has 1 fully saturated rings. The fraction of sp³-hybridized carbons (Fsp3) is 0.650. The van der Waals surface area contributed by atoms with Crippen LogP contribution < -0.4 is 5.56 Å². The fourth-order valence-electron chi connectivity index (χ4n) is 4.26.